The van der Waals surface area contributed by atoms with E-state index in [0.29, 0.717) is 36.3 Å². The Bertz CT molecular complexity index is 863. The van der Waals surface area contributed by atoms with Gasteiger partial charge in [-0.3, -0.25) is 9.59 Å². The predicted molar refractivity (Wildman–Crippen MR) is 111 cm³/mol. The number of nitrogens with zero attached hydrogens (tertiary/aromatic N) is 1. The maximum atomic E-state index is 12.7. The summed E-state index contributed by atoms with van der Waals surface area (Å²) in [5.41, 5.74) is 2.73. The molecule has 1 aliphatic heterocycles. The van der Waals surface area contributed by atoms with E-state index >= 15 is 0 Å². The largest absolute Gasteiger partial charge is 0.355 e. The van der Waals surface area contributed by atoms with Gasteiger partial charge in [0, 0.05) is 30.0 Å². The van der Waals surface area contributed by atoms with E-state index < -0.39 is 5.41 Å². The lowest BCUT2D eigenvalue weighted by Crippen LogP contribution is -2.49. The molecule has 0 saturated carbocycles. The average Bonchev–Trinajstić information content (AvgIpc) is 2.61. The second-order valence-corrected chi connectivity index (χ2v) is 7.38. The Labute approximate surface area is 161 Å². The van der Waals surface area contributed by atoms with Gasteiger partial charge in [0.2, 0.25) is 5.91 Å². The van der Waals surface area contributed by atoms with Crippen molar-refractivity contribution in [2.75, 3.05) is 13.1 Å². The molecule has 144 valence electrons. The SMILES string of the molecule is C=CN(CC(=C)C)C(C)=CC(=C)c1ccc(C2(C)CCCNC2=O)c(=O)[nH]1. The smallest absolute Gasteiger partial charge is 0.252 e. The molecule has 1 aromatic rings. The summed E-state index contributed by atoms with van der Waals surface area (Å²) in [5, 5.41) is 2.86. The van der Waals surface area contributed by atoms with Crippen LogP contribution in [0.15, 0.2) is 60.2 Å². The number of allylic oxidation sites excluding steroid dienone is 3. The summed E-state index contributed by atoms with van der Waals surface area (Å²) in [6.07, 6.45) is 5.15. The Kier molecular flexibility index (Phi) is 6.26. The summed E-state index contributed by atoms with van der Waals surface area (Å²) in [7, 11) is 0. The van der Waals surface area contributed by atoms with E-state index in [1.54, 1.807) is 12.3 Å². The van der Waals surface area contributed by atoms with Gasteiger partial charge in [0.05, 0.1) is 5.41 Å². The van der Waals surface area contributed by atoms with Gasteiger partial charge in [-0.15, -0.1) is 0 Å². The molecule has 5 nitrogen and oxygen atoms in total. The highest BCUT2D eigenvalue weighted by Gasteiger charge is 2.39. The van der Waals surface area contributed by atoms with E-state index in [9.17, 15) is 9.59 Å². The van der Waals surface area contributed by atoms with Crippen LogP contribution in [0.1, 0.15) is 44.9 Å². The van der Waals surface area contributed by atoms with E-state index in [1.165, 1.54) is 0 Å². The van der Waals surface area contributed by atoms with Crippen LogP contribution in [-0.4, -0.2) is 28.9 Å². The predicted octanol–water partition coefficient (Wildman–Crippen LogP) is 3.48. The summed E-state index contributed by atoms with van der Waals surface area (Å²) < 4.78 is 0. The second-order valence-electron chi connectivity index (χ2n) is 7.38. The zero-order valence-electron chi connectivity index (χ0n) is 16.5. The van der Waals surface area contributed by atoms with Gasteiger partial charge in [0.1, 0.15) is 0 Å². The first-order valence-corrected chi connectivity index (χ1v) is 9.12. The summed E-state index contributed by atoms with van der Waals surface area (Å²) in [6, 6.07) is 3.56. The first kappa shape index (κ1) is 20.5. The van der Waals surface area contributed by atoms with E-state index in [1.807, 2.05) is 37.8 Å². The van der Waals surface area contributed by atoms with Gasteiger partial charge in [0.25, 0.3) is 5.56 Å². The number of H-pyrrole nitrogens is 1. The summed E-state index contributed by atoms with van der Waals surface area (Å²) in [5.74, 6) is -0.0945. The Balaban J connectivity index is 2.29. The van der Waals surface area contributed by atoms with Crippen LogP contribution in [0, 0.1) is 0 Å². The van der Waals surface area contributed by atoms with Crippen molar-refractivity contribution in [3.8, 4) is 0 Å². The van der Waals surface area contributed by atoms with Gasteiger partial charge >= 0.3 is 0 Å². The van der Waals surface area contributed by atoms with Crippen LogP contribution >= 0.6 is 0 Å². The van der Waals surface area contributed by atoms with Crippen molar-refractivity contribution >= 4 is 11.5 Å². The highest BCUT2D eigenvalue weighted by molar-refractivity contribution is 5.88. The molecule has 1 fully saturated rings. The highest BCUT2D eigenvalue weighted by Crippen LogP contribution is 2.29. The summed E-state index contributed by atoms with van der Waals surface area (Å²) >= 11 is 0. The number of hydrogen-bond acceptors (Lipinski definition) is 3. The lowest BCUT2D eigenvalue weighted by molar-refractivity contribution is -0.128. The normalized spacial score (nSPS) is 20.0. The average molecular weight is 367 g/mol. The molecule has 1 saturated heterocycles. The van der Waals surface area contributed by atoms with E-state index in [2.05, 4.69) is 30.0 Å². The molecule has 5 heteroatoms. The van der Waals surface area contributed by atoms with Crippen LogP contribution in [-0.2, 0) is 10.2 Å². The lowest BCUT2D eigenvalue weighted by Gasteiger charge is -2.32. The van der Waals surface area contributed by atoms with Crippen LogP contribution in [0.25, 0.3) is 5.57 Å². The number of pyridine rings is 1. The number of nitrogens with one attached hydrogen (secondary N) is 2. The van der Waals surface area contributed by atoms with E-state index in [0.717, 1.165) is 17.7 Å². The number of piperidine rings is 1. The van der Waals surface area contributed by atoms with Crippen molar-refractivity contribution in [2.24, 2.45) is 0 Å². The molecule has 1 aromatic heterocycles. The van der Waals surface area contributed by atoms with Crippen molar-refractivity contribution < 1.29 is 4.79 Å². The first-order valence-electron chi connectivity index (χ1n) is 9.12. The molecule has 2 heterocycles. The molecule has 1 unspecified atom stereocenters. The molecule has 2 rings (SSSR count). The minimum Gasteiger partial charge on any atom is -0.355 e. The number of aromatic nitrogens is 1. The standard InChI is InChI=1S/C22H29N3O2/c1-7-25(14-15(2)3)17(5)13-16(4)19-10-9-18(20(26)24-19)22(6)11-8-12-23-21(22)27/h7,9-10,13H,1-2,4,8,11-12,14H2,3,5-6H3,(H,23,27)(H,24,26). The lowest BCUT2D eigenvalue weighted by atomic mass is 9.76. The number of carbonyl (C=O) groups is 1. The molecule has 1 atom stereocenters. The first-order chi connectivity index (χ1) is 12.7. The van der Waals surface area contributed by atoms with Gasteiger partial charge in [-0.1, -0.05) is 31.4 Å². The van der Waals surface area contributed by atoms with Gasteiger partial charge < -0.3 is 15.2 Å². The van der Waals surface area contributed by atoms with Crippen LogP contribution in [0.5, 0.6) is 0 Å². The summed E-state index contributed by atoms with van der Waals surface area (Å²) in [6.45, 7) is 18.9. The Morgan fingerprint density at radius 1 is 1.30 bits per heavy atom. The third kappa shape index (κ3) is 4.48. The Morgan fingerprint density at radius 2 is 2.00 bits per heavy atom. The fourth-order valence-corrected chi connectivity index (χ4v) is 3.34. The zero-order valence-corrected chi connectivity index (χ0v) is 16.5. The fourth-order valence-electron chi connectivity index (χ4n) is 3.34. The Hall–Kier alpha value is -2.82. The quantitative estimate of drug-likeness (QED) is 0.573. The number of carbonyl (C=O) groups excluding carboxylic acids is 1. The molecule has 27 heavy (non-hydrogen) atoms. The van der Waals surface area contributed by atoms with Crippen molar-refractivity contribution in [3.05, 3.63) is 77.0 Å². The minimum atomic E-state index is -0.793. The van der Waals surface area contributed by atoms with E-state index in [-0.39, 0.29) is 11.5 Å². The van der Waals surface area contributed by atoms with Crippen LogP contribution in [0.2, 0.25) is 0 Å². The van der Waals surface area contributed by atoms with Gasteiger partial charge in [0.15, 0.2) is 0 Å². The monoisotopic (exact) mass is 367 g/mol. The molecular weight excluding hydrogens is 338 g/mol. The third-order valence-electron chi connectivity index (χ3n) is 4.99. The molecule has 1 amide bonds. The molecule has 0 aromatic carbocycles. The van der Waals surface area contributed by atoms with Crippen molar-refractivity contribution in [1.29, 1.82) is 0 Å². The van der Waals surface area contributed by atoms with Crippen LogP contribution in [0.4, 0.5) is 0 Å². The maximum absolute atomic E-state index is 12.7. The van der Waals surface area contributed by atoms with Gasteiger partial charge in [-0.2, -0.15) is 0 Å². The van der Waals surface area contributed by atoms with E-state index in [4.69, 9.17) is 0 Å². The topological polar surface area (TPSA) is 65.2 Å². The van der Waals surface area contributed by atoms with Gasteiger partial charge in [-0.05, 0) is 57.5 Å². The number of amides is 1. The molecule has 0 bridgehead atoms. The third-order valence-corrected chi connectivity index (χ3v) is 4.99. The van der Waals surface area contributed by atoms with Crippen molar-refractivity contribution in [1.82, 2.24) is 15.2 Å². The van der Waals surface area contributed by atoms with Crippen molar-refractivity contribution in [2.45, 2.75) is 39.0 Å². The molecule has 0 aliphatic carbocycles. The molecule has 2 N–H and O–H groups in total. The number of aromatic amines is 1. The number of rotatable bonds is 7. The van der Waals surface area contributed by atoms with Crippen molar-refractivity contribution in [3.63, 3.8) is 0 Å². The molecular formula is C22H29N3O2. The molecule has 1 aliphatic rings. The van der Waals surface area contributed by atoms with Crippen LogP contribution in [0.3, 0.4) is 0 Å². The highest BCUT2D eigenvalue weighted by atomic mass is 16.2. The zero-order chi connectivity index (χ0) is 20.2. The fraction of sp³-hybridized carbons (Fsp3) is 0.364. The molecule has 0 radical (unpaired) electrons. The van der Waals surface area contributed by atoms with Crippen LogP contribution < -0.4 is 10.9 Å². The number of hydrogen-bond donors (Lipinski definition) is 2. The van der Waals surface area contributed by atoms with Gasteiger partial charge in [-0.25, -0.2) is 0 Å². The minimum absolute atomic E-state index is 0.0945. The Morgan fingerprint density at radius 3 is 2.56 bits per heavy atom. The summed E-state index contributed by atoms with van der Waals surface area (Å²) in [4.78, 5) is 29.8. The second kappa shape index (κ2) is 8.25. The maximum Gasteiger partial charge on any atom is 0.252 e. The molecule has 0 spiro atoms.